The van der Waals surface area contributed by atoms with Crippen LogP contribution in [0.25, 0.3) is 6.08 Å². The number of Topliss-reactive ketones (excluding diaryl/α,β-unsaturated/α-hetero) is 1. The van der Waals surface area contributed by atoms with E-state index in [9.17, 15) is 4.79 Å². The smallest absolute Gasteiger partial charge is 0.168 e. The first-order valence-corrected chi connectivity index (χ1v) is 7.51. The van der Waals surface area contributed by atoms with Crippen molar-refractivity contribution in [2.45, 2.75) is 5.92 Å². The van der Waals surface area contributed by atoms with Gasteiger partial charge in [0.05, 0.1) is 17.6 Å². The van der Waals surface area contributed by atoms with Crippen LogP contribution >= 0.6 is 0 Å². The average molecular weight is 303 g/mol. The van der Waals surface area contributed by atoms with Gasteiger partial charge in [-0.3, -0.25) is 9.78 Å². The van der Waals surface area contributed by atoms with E-state index >= 15 is 0 Å². The number of rotatable bonds is 2. The predicted octanol–water partition coefficient (Wildman–Crippen LogP) is 2.63. The lowest BCUT2D eigenvalue weighted by Gasteiger charge is -2.30. The number of piperidine rings is 1. The number of nitriles is 1. The largest absolute Gasteiger partial charge is 0.301 e. The molecule has 0 bridgehead atoms. The normalized spacial score (nSPS) is 20.4. The number of aromatic nitrogens is 1. The Kier molecular flexibility index (Phi) is 4.31. The molecule has 0 aliphatic carbocycles. The molecule has 1 unspecified atom stereocenters. The van der Waals surface area contributed by atoms with Gasteiger partial charge in [0.15, 0.2) is 5.78 Å². The molecule has 1 aliphatic heterocycles. The van der Waals surface area contributed by atoms with Gasteiger partial charge < -0.3 is 4.90 Å². The molecule has 114 valence electrons. The van der Waals surface area contributed by atoms with Gasteiger partial charge in [-0.05, 0) is 42.4 Å². The van der Waals surface area contributed by atoms with E-state index in [1.54, 1.807) is 24.5 Å². The van der Waals surface area contributed by atoms with Crippen molar-refractivity contribution in [2.75, 3.05) is 20.1 Å². The van der Waals surface area contributed by atoms with Gasteiger partial charge in [-0.25, -0.2) is 0 Å². The van der Waals surface area contributed by atoms with Crippen molar-refractivity contribution >= 4 is 11.9 Å². The van der Waals surface area contributed by atoms with Crippen molar-refractivity contribution in [3.63, 3.8) is 0 Å². The highest BCUT2D eigenvalue weighted by atomic mass is 16.1. The predicted molar refractivity (Wildman–Crippen MR) is 88.6 cm³/mol. The number of ketones is 1. The Morgan fingerprint density at radius 3 is 2.74 bits per heavy atom. The summed E-state index contributed by atoms with van der Waals surface area (Å²) in [4.78, 5) is 19.1. The summed E-state index contributed by atoms with van der Waals surface area (Å²) >= 11 is 0. The molecule has 1 saturated heterocycles. The van der Waals surface area contributed by atoms with Crippen molar-refractivity contribution in [3.05, 3.63) is 71.1 Å². The number of benzene rings is 1. The van der Waals surface area contributed by atoms with Crippen LogP contribution in [0.4, 0.5) is 0 Å². The molecular weight excluding hydrogens is 286 g/mol. The number of likely N-dealkylation sites (N-methyl/N-ethyl adjacent to an activating group) is 1. The number of likely N-dealkylation sites (tertiary alicyclic amines) is 1. The maximum absolute atomic E-state index is 12.8. The fourth-order valence-electron chi connectivity index (χ4n) is 2.86. The summed E-state index contributed by atoms with van der Waals surface area (Å²) in [6.45, 7) is 1.34. The third kappa shape index (κ3) is 3.36. The van der Waals surface area contributed by atoms with Crippen LogP contribution in [0.15, 0.2) is 54.4 Å². The van der Waals surface area contributed by atoms with Crippen LogP contribution in [0.2, 0.25) is 0 Å². The summed E-state index contributed by atoms with van der Waals surface area (Å²) in [5.74, 6) is -0.0208. The number of hydrogen-bond acceptors (Lipinski definition) is 4. The molecule has 0 spiro atoms. The zero-order chi connectivity index (χ0) is 16.2. The average Bonchev–Trinajstić information content (AvgIpc) is 2.59. The molecule has 2 aromatic rings. The van der Waals surface area contributed by atoms with Crippen molar-refractivity contribution in [2.24, 2.45) is 0 Å². The van der Waals surface area contributed by atoms with Gasteiger partial charge >= 0.3 is 0 Å². The third-order valence-electron chi connectivity index (χ3n) is 4.03. The number of carbonyl (C=O) groups excluding carboxylic acids is 1. The lowest BCUT2D eigenvalue weighted by atomic mass is 9.86. The van der Waals surface area contributed by atoms with E-state index in [1.165, 1.54) is 0 Å². The van der Waals surface area contributed by atoms with Gasteiger partial charge in [-0.15, -0.1) is 0 Å². The Morgan fingerprint density at radius 1 is 1.30 bits per heavy atom. The van der Waals surface area contributed by atoms with Crippen LogP contribution < -0.4 is 0 Å². The summed E-state index contributed by atoms with van der Waals surface area (Å²) < 4.78 is 0. The van der Waals surface area contributed by atoms with Gasteiger partial charge in [0, 0.05) is 31.1 Å². The summed E-state index contributed by atoms with van der Waals surface area (Å²) in [6, 6.07) is 13.2. The second kappa shape index (κ2) is 6.55. The quantitative estimate of drug-likeness (QED) is 0.800. The number of carbonyl (C=O) groups is 1. The van der Waals surface area contributed by atoms with E-state index in [-0.39, 0.29) is 11.7 Å². The first kappa shape index (κ1) is 15.1. The maximum Gasteiger partial charge on any atom is 0.168 e. The van der Waals surface area contributed by atoms with Gasteiger partial charge in [-0.2, -0.15) is 5.26 Å². The molecule has 1 aliphatic rings. The van der Waals surface area contributed by atoms with Crippen molar-refractivity contribution in [3.8, 4) is 6.07 Å². The monoisotopic (exact) mass is 303 g/mol. The number of hydrogen-bond donors (Lipinski definition) is 0. The zero-order valence-electron chi connectivity index (χ0n) is 12.9. The fourth-order valence-corrected chi connectivity index (χ4v) is 2.86. The molecule has 0 amide bonds. The van der Waals surface area contributed by atoms with Crippen LogP contribution in [0.1, 0.15) is 22.6 Å². The van der Waals surface area contributed by atoms with Crippen LogP contribution in [-0.2, 0) is 4.79 Å². The summed E-state index contributed by atoms with van der Waals surface area (Å²) in [6.07, 6.45) is 5.40. The van der Waals surface area contributed by atoms with Gasteiger partial charge in [0.2, 0.25) is 0 Å². The molecule has 1 atom stereocenters. The lowest BCUT2D eigenvalue weighted by Crippen LogP contribution is -2.38. The molecule has 1 aromatic carbocycles. The highest BCUT2D eigenvalue weighted by Crippen LogP contribution is 2.27. The summed E-state index contributed by atoms with van der Waals surface area (Å²) in [5.41, 5.74) is 3.30. The Balaban J connectivity index is 1.90. The molecule has 4 nitrogen and oxygen atoms in total. The van der Waals surface area contributed by atoms with Gasteiger partial charge in [0.25, 0.3) is 0 Å². The zero-order valence-corrected chi connectivity index (χ0v) is 12.9. The van der Waals surface area contributed by atoms with Crippen LogP contribution in [0.3, 0.4) is 0 Å². The topological polar surface area (TPSA) is 57.0 Å². The molecule has 3 rings (SSSR count). The van der Waals surface area contributed by atoms with Crippen molar-refractivity contribution in [1.82, 2.24) is 9.88 Å². The lowest BCUT2D eigenvalue weighted by molar-refractivity contribution is -0.118. The minimum Gasteiger partial charge on any atom is -0.301 e. The summed E-state index contributed by atoms with van der Waals surface area (Å²) in [7, 11) is 2.02. The van der Waals surface area contributed by atoms with Crippen molar-refractivity contribution in [1.29, 1.82) is 5.26 Å². The molecule has 4 heteroatoms. The molecule has 2 heterocycles. The first-order valence-electron chi connectivity index (χ1n) is 7.51. The van der Waals surface area contributed by atoms with E-state index in [4.69, 9.17) is 5.26 Å². The molecule has 0 saturated carbocycles. The van der Waals surface area contributed by atoms with E-state index in [2.05, 4.69) is 16.0 Å². The Bertz CT molecular complexity index is 773. The van der Waals surface area contributed by atoms with Gasteiger partial charge in [-0.1, -0.05) is 18.2 Å². The van der Waals surface area contributed by atoms with E-state index in [0.717, 1.165) is 16.7 Å². The highest BCUT2D eigenvalue weighted by Gasteiger charge is 2.30. The van der Waals surface area contributed by atoms with E-state index in [1.807, 2.05) is 37.4 Å². The third-order valence-corrected chi connectivity index (χ3v) is 4.03. The highest BCUT2D eigenvalue weighted by molar-refractivity contribution is 6.05. The Morgan fingerprint density at radius 2 is 2.09 bits per heavy atom. The van der Waals surface area contributed by atoms with Crippen LogP contribution in [-0.4, -0.2) is 35.8 Å². The minimum absolute atomic E-state index is 0.153. The van der Waals surface area contributed by atoms with Crippen molar-refractivity contribution < 1.29 is 4.79 Å². The minimum atomic E-state index is -0.174. The van der Waals surface area contributed by atoms with Gasteiger partial charge in [0.1, 0.15) is 0 Å². The first-order chi connectivity index (χ1) is 11.2. The second-order valence-corrected chi connectivity index (χ2v) is 5.80. The van der Waals surface area contributed by atoms with E-state index < -0.39 is 0 Å². The summed E-state index contributed by atoms with van der Waals surface area (Å²) in [5, 5.41) is 8.86. The van der Waals surface area contributed by atoms with Crippen LogP contribution in [0, 0.1) is 11.3 Å². The maximum atomic E-state index is 12.8. The molecule has 1 aromatic heterocycles. The number of pyridine rings is 1. The Labute approximate surface area is 135 Å². The second-order valence-electron chi connectivity index (χ2n) is 5.80. The molecular formula is C19H17N3O. The van der Waals surface area contributed by atoms with E-state index in [0.29, 0.717) is 18.7 Å². The molecule has 23 heavy (non-hydrogen) atoms. The number of nitrogens with zero attached hydrogens (tertiary/aromatic N) is 3. The van der Waals surface area contributed by atoms with Crippen LogP contribution in [0.5, 0.6) is 0 Å². The Hall–Kier alpha value is -2.77. The molecule has 1 fully saturated rings. The SMILES string of the molecule is CN1CC(=Cc2ccc(C#N)cc2)C(=O)C(c2cccnc2)C1. The standard InChI is InChI=1S/C19H17N3O/c1-22-12-17(9-14-4-6-15(10-20)7-5-14)19(23)18(13-22)16-3-2-8-21-11-16/h2-9,11,18H,12-13H2,1H3. The molecule has 0 radical (unpaired) electrons. The fraction of sp³-hybridized carbons (Fsp3) is 0.211. The molecule has 0 N–H and O–H groups in total.